The molecule has 0 bridgehead atoms. The lowest BCUT2D eigenvalue weighted by atomic mass is 10.4. The monoisotopic (exact) mass is 378 g/mol. The second-order valence-corrected chi connectivity index (χ2v) is 7.53. The van der Waals surface area contributed by atoms with Crippen LogP contribution in [0, 0.1) is 6.92 Å². The maximum Gasteiger partial charge on any atom is 0.349 e. The number of methoxy groups -OCH3 is 1. The van der Waals surface area contributed by atoms with Crippen LogP contribution >= 0.6 is 11.3 Å². The number of rotatable bonds is 5. The first-order valence-electron chi connectivity index (χ1n) is 7.07. The first-order valence-corrected chi connectivity index (χ1v) is 9.43. The highest BCUT2D eigenvalue weighted by Crippen LogP contribution is 2.25. The minimum atomic E-state index is -3.93. The number of aryl methyl sites for hydroxylation is 1. The summed E-state index contributed by atoms with van der Waals surface area (Å²) in [5.74, 6) is 0.685. The molecule has 0 aliphatic carbocycles. The van der Waals surface area contributed by atoms with Crippen LogP contribution < -0.4 is 4.72 Å². The van der Waals surface area contributed by atoms with E-state index in [-0.39, 0.29) is 15.5 Å². The van der Waals surface area contributed by atoms with Gasteiger partial charge in [-0.15, -0.1) is 11.3 Å². The fourth-order valence-electron chi connectivity index (χ4n) is 2.17. The molecule has 8 nitrogen and oxygen atoms in total. The van der Waals surface area contributed by atoms with Crippen molar-refractivity contribution in [1.29, 1.82) is 0 Å². The molecule has 3 heterocycles. The molecule has 0 fully saturated rings. The zero-order valence-corrected chi connectivity index (χ0v) is 15.0. The lowest BCUT2D eigenvalue weighted by Crippen LogP contribution is -2.16. The van der Waals surface area contributed by atoms with Crippen LogP contribution in [0.4, 0.5) is 5.69 Å². The summed E-state index contributed by atoms with van der Waals surface area (Å²) >= 11 is 1.00. The Bertz CT molecular complexity index is 1010. The Balaban J connectivity index is 1.86. The number of sulfonamides is 1. The Kier molecular flexibility index (Phi) is 4.55. The van der Waals surface area contributed by atoms with E-state index in [4.69, 9.17) is 0 Å². The van der Waals surface area contributed by atoms with E-state index < -0.39 is 16.0 Å². The van der Waals surface area contributed by atoms with Crippen molar-refractivity contribution in [1.82, 2.24) is 14.5 Å². The molecule has 1 N–H and O–H groups in total. The van der Waals surface area contributed by atoms with E-state index in [2.05, 4.69) is 19.4 Å². The Morgan fingerprint density at radius 2 is 2.08 bits per heavy atom. The minimum Gasteiger partial charge on any atom is -0.465 e. The van der Waals surface area contributed by atoms with Crippen LogP contribution in [0.3, 0.4) is 0 Å². The van der Waals surface area contributed by atoms with Gasteiger partial charge in [0.25, 0.3) is 10.0 Å². The molecule has 3 rings (SSSR count). The molecule has 3 aromatic heterocycles. The molecule has 10 heteroatoms. The number of carbonyl (C=O) groups excluding carboxylic acids is 1. The summed E-state index contributed by atoms with van der Waals surface area (Å²) in [6, 6.07) is 4.61. The quantitative estimate of drug-likeness (QED) is 0.683. The molecule has 0 aliphatic heterocycles. The van der Waals surface area contributed by atoms with Gasteiger partial charge in [0.1, 0.15) is 21.4 Å². The molecule has 130 valence electrons. The van der Waals surface area contributed by atoms with Crippen molar-refractivity contribution in [3.8, 4) is 5.82 Å². The highest BCUT2D eigenvalue weighted by molar-refractivity contribution is 7.93. The molecule has 0 radical (unpaired) electrons. The van der Waals surface area contributed by atoms with Gasteiger partial charge in [-0.05, 0) is 30.5 Å². The van der Waals surface area contributed by atoms with Gasteiger partial charge in [0.05, 0.1) is 19.0 Å². The number of pyridine rings is 1. The second-order valence-electron chi connectivity index (χ2n) is 4.96. The molecule has 0 saturated carbocycles. The Morgan fingerprint density at radius 3 is 2.68 bits per heavy atom. The number of thiophene rings is 1. The molecule has 0 spiro atoms. The van der Waals surface area contributed by atoms with Gasteiger partial charge in [0.2, 0.25) is 0 Å². The van der Waals surface area contributed by atoms with E-state index in [9.17, 15) is 13.2 Å². The fraction of sp³-hybridized carbons (Fsp3) is 0.133. The highest BCUT2D eigenvalue weighted by atomic mass is 32.2. The average molecular weight is 378 g/mol. The van der Waals surface area contributed by atoms with E-state index in [1.54, 1.807) is 29.1 Å². The van der Waals surface area contributed by atoms with Gasteiger partial charge in [-0.2, -0.15) is 0 Å². The average Bonchev–Trinajstić information content (AvgIpc) is 3.24. The van der Waals surface area contributed by atoms with Crippen molar-refractivity contribution in [3.63, 3.8) is 0 Å². The number of hydrogen-bond donors (Lipinski definition) is 1. The summed E-state index contributed by atoms with van der Waals surface area (Å²) in [6.07, 6.45) is 4.81. The van der Waals surface area contributed by atoms with Crippen molar-refractivity contribution in [2.45, 2.75) is 11.8 Å². The number of nitrogens with one attached hydrogen (secondary N) is 1. The first kappa shape index (κ1) is 17.1. The van der Waals surface area contributed by atoms with Crippen molar-refractivity contribution >= 4 is 33.0 Å². The van der Waals surface area contributed by atoms with Crippen molar-refractivity contribution in [3.05, 3.63) is 52.9 Å². The summed E-state index contributed by atoms with van der Waals surface area (Å²) in [5, 5.41) is 1.52. The molecule has 0 amide bonds. The number of hydrogen-bond acceptors (Lipinski definition) is 7. The molecule has 0 aliphatic rings. The number of aromatic nitrogens is 3. The number of esters is 1. The molecule has 0 saturated heterocycles. The summed E-state index contributed by atoms with van der Waals surface area (Å²) in [4.78, 5) is 19.9. The van der Waals surface area contributed by atoms with Gasteiger partial charge in [-0.3, -0.25) is 9.29 Å². The number of ether oxygens (including phenoxy) is 1. The topological polar surface area (TPSA) is 103 Å². The van der Waals surface area contributed by atoms with Gasteiger partial charge in [0, 0.05) is 12.4 Å². The van der Waals surface area contributed by atoms with Gasteiger partial charge in [-0.1, -0.05) is 0 Å². The molecule has 0 aromatic carbocycles. The predicted octanol–water partition coefficient (Wildman–Crippen LogP) is 2.22. The van der Waals surface area contributed by atoms with Gasteiger partial charge >= 0.3 is 5.97 Å². The van der Waals surface area contributed by atoms with Crippen LogP contribution in [0.2, 0.25) is 0 Å². The summed E-state index contributed by atoms with van der Waals surface area (Å²) in [5.41, 5.74) is 0.281. The van der Waals surface area contributed by atoms with E-state index in [0.29, 0.717) is 5.82 Å². The normalized spacial score (nSPS) is 11.3. The van der Waals surface area contributed by atoms with Crippen LogP contribution in [-0.4, -0.2) is 36.0 Å². The smallest absolute Gasteiger partial charge is 0.349 e. The maximum atomic E-state index is 12.5. The third kappa shape index (κ3) is 3.39. The van der Waals surface area contributed by atoms with Crippen LogP contribution in [0.5, 0.6) is 0 Å². The van der Waals surface area contributed by atoms with Gasteiger partial charge in [0.15, 0.2) is 0 Å². The van der Waals surface area contributed by atoms with Crippen LogP contribution in [-0.2, 0) is 14.8 Å². The molecule has 0 unspecified atom stereocenters. The summed E-state index contributed by atoms with van der Waals surface area (Å²) in [6.45, 7) is 1.84. The zero-order chi connectivity index (χ0) is 18.0. The van der Waals surface area contributed by atoms with E-state index in [1.807, 2.05) is 6.92 Å². The van der Waals surface area contributed by atoms with Gasteiger partial charge < -0.3 is 4.74 Å². The number of nitrogens with zero attached hydrogens (tertiary/aromatic N) is 3. The second kappa shape index (κ2) is 6.65. The zero-order valence-electron chi connectivity index (χ0n) is 13.3. The number of anilines is 1. The van der Waals surface area contributed by atoms with Crippen molar-refractivity contribution in [2.75, 3.05) is 11.8 Å². The standard InChI is InChI=1S/C15H14N4O4S2/c1-10-16-6-7-19(10)13-4-3-11(9-17-13)18-25(21,22)12-5-8-24-14(12)15(20)23-2/h3-9,18H,1-2H3. The Hall–Kier alpha value is -2.72. The van der Waals surface area contributed by atoms with E-state index in [1.165, 1.54) is 24.8 Å². The largest absolute Gasteiger partial charge is 0.465 e. The molecular formula is C15H14N4O4S2. The first-order chi connectivity index (χ1) is 11.9. The Morgan fingerprint density at radius 1 is 1.28 bits per heavy atom. The van der Waals surface area contributed by atoms with Crippen LogP contribution in [0.1, 0.15) is 15.5 Å². The Labute approximate surface area is 148 Å². The van der Waals surface area contributed by atoms with Crippen LogP contribution in [0.15, 0.2) is 47.1 Å². The van der Waals surface area contributed by atoms with Crippen molar-refractivity contribution < 1.29 is 17.9 Å². The lowest BCUT2D eigenvalue weighted by Gasteiger charge is -2.09. The van der Waals surface area contributed by atoms with E-state index in [0.717, 1.165) is 17.2 Å². The third-order valence-electron chi connectivity index (χ3n) is 3.36. The minimum absolute atomic E-state index is 0.0219. The number of carbonyl (C=O) groups is 1. The van der Waals surface area contributed by atoms with Crippen molar-refractivity contribution in [2.24, 2.45) is 0 Å². The lowest BCUT2D eigenvalue weighted by molar-refractivity contribution is 0.0602. The molecule has 3 aromatic rings. The third-order valence-corrected chi connectivity index (χ3v) is 5.81. The molecular weight excluding hydrogens is 364 g/mol. The molecule has 25 heavy (non-hydrogen) atoms. The summed E-state index contributed by atoms with van der Waals surface area (Å²) < 4.78 is 33.8. The number of imidazole rings is 1. The fourth-order valence-corrected chi connectivity index (χ4v) is 4.55. The highest BCUT2D eigenvalue weighted by Gasteiger charge is 2.24. The van der Waals surface area contributed by atoms with E-state index >= 15 is 0 Å². The maximum absolute atomic E-state index is 12.5. The molecule has 0 atom stereocenters. The van der Waals surface area contributed by atoms with Crippen LogP contribution in [0.25, 0.3) is 5.82 Å². The summed E-state index contributed by atoms with van der Waals surface area (Å²) in [7, 11) is -2.73. The SMILES string of the molecule is COC(=O)c1sccc1S(=O)(=O)Nc1ccc(-n2ccnc2C)nc1. The van der Waals surface area contributed by atoms with Gasteiger partial charge in [-0.25, -0.2) is 23.2 Å². The predicted molar refractivity (Wildman–Crippen MR) is 92.6 cm³/mol.